The number of amides is 1. The maximum absolute atomic E-state index is 14.1. The number of sulfonamides is 1. The molecule has 2 aliphatic rings. The SMILES string of the molecule is CC(C)c1ccc(S(=O)(=O)N2CC(F)CC2C(=O)N2CCCCC2)cc1. The Labute approximate surface area is 155 Å². The van der Waals surface area contributed by atoms with Gasteiger partial charge in [0.25, 0.3) is 0 Å². The van der Waals surface area contributed by atoms with Crippen molar-refractivity contribution in [1.29, 1.82) is 0 Å². The fourth-order valence-electron chi connectivity index (χ4n) is 3.73. The molecule has 2 atom stereocenters. The van der Waals surface area contributed by atoms with Gasteiger partial charge in [0.1, 0.15) is 12.2 Å². The highest BCUT2D eigenvalue weighted by Gasteiger charge is 2.45. The molecule has 1 aromatic carbocycles. The molecule has 7 heteroatoms. The van der Waals surface area contributed by atoms with Crippen LogP contribution in [-0.4, -0.2) is 55.4 Å². The molecular formula is C19H27FN2O3S. The molecule has 0 aliphatic carbocycles. The third-order valence-corrected chi connectivity index (χ3v) is 7.20. The number of likely N-dealkylation sites (tertiary alicyclic amines) is 1. The molecule has 2 unspecified atom stereocenters. The molecule has 3 rings (SSSR count). The van der Waals surface area contributed by atoms with Crippen molar-refractivity contribution in [2.75, 3.05) is 19.6 Å². The summed E-state index contributed by atoms with van der Waals surface area (Å²) in [5, 5.41) is 0. The Balaban J connectivity index is 1.85. The van der Waals surface area contributed by atoms with E-state index in [1.54, 1.807) is 29.2 Å². The summed E-state index contributed by atoms with van der Waals surface area (Å²) in [6, 6.07) is 5.74. The molecule has 1 aromatic rings. The summed E-state index contributed by atoms with van der Waals surface area (Å²) < 4.78 is 41.3. The Hall–Kier alpha value is -1.47. The summed E-state index contributed by atoms with van der Waals surface area (Å²) in [5.41, 5.74) is 1.04. The van der Waals surface area contributed by atoms with Gasteiger partial charge in [0, 0.05) is 26.1 Å². The first-order valence-electron chi connectivity index (χ1n) is 9.35. The number of halogens is 1. The van der Waals surface area contributed by atoms with E-state index in [1.165, 1.54) is 0 Å². The molecular weight excluding hydrogens is 355 g/mol. The van der Waals surface area contributed by atoms with Gasteiger partial charge in [0.05, 0.1) is 4.90 Å². The second-order valence-corrected chi connectivity index (χ2v) is 9.42. The molecule has 2 saturated heterocycles. The van der Waals surface area contributed by atoms with E-state index in [2.05, 4.69) is 0 Å². The summed E-state index contributed by atoms with van der Waals surface area (Å²) >= 11 is 0. The number of nitrogens with zero attached hydrogens (tertiary/aromatic N) is 2. The minimum Gasteiger partial charge on any atom is -0.341 e. The molecule has 2 aliphatic heterocycles. The van der Waals surface area contributed by atoms with Gasteiger partial charge in [-0.25, -0.2) is 12.8 Å². The third-order valence-electron chi connectivity index (χ3n) is 5.31. The van der Waals surface area contributed by atoms with Gasteiger partial charge in [-0.05, 0) is 42.9 Å². The van der Waals surface area contributed by atoms with E-state index < -0.39 is 22.2 Å². The van der Waals surface area contributed by atoms with Gasteiger partial charge in [0.15, 0.2) is 0 Å². The zero-order valence-corrected chi connectivity index (χ0v) is 16.2. The first kappa shape index (κ1) is 19.3. The van der Waals surface area contributed by atoms with Crippen LogP contribution in [0.2, 0.25) is 0 Å². The zero-order chi connectivity index (χ0) is 18.9. The topological polar surface area (TPSA) is 57.7 Å². The molecule has 144 valence electrons. The largest absolute Gasteiger partial charge is 0.341 e. The highest BCUT2D eigenvalue weighted by atomic mass is 32.2. The fraction of sp³-hybridized carbons (Fsp3) is 0.632. The molecule has 0 saturated carbocycles. The van der Waals surface area contributed by atoms with Crippen molar-refractivity contribution in [3.8, 4) is 0 Å². The van der Waals surface area contributed by atoms with Gasteiger partial charge in [-0.1, -0.05) is 26.0 Å². The standard InChI is InChI=1S/C19H27FN2O3S/c1-14(2)15-6-8-17(9-7-15)26(24,25)22-13-16(20)12-18(22)19(23)21-10-4-3-5-11-21/h6-9,14,16,18H,3-5,10-13H2,1-2H3. The lowest BCUT2D eigenvalue weighted by Crippen LogP contribution is -2.49. The number of rotatable bonds is 4. The van der Waals surface area contributed by atoms with Crippen molar-refractivity contribution < 1.29 is 17.6 Å². The number of alkyl halides is 1. The number of benzene rings is 1. The average molecular weight is 383 g/mol. The van der Waals surface area contributed by atoms with Crippen LogP contribution in [0.15, 0.2) is 29.2 Å². The third kappa shape index (κ3) is 3.78. The fourth-order valence-corrected chi connectivity index (χ4v) is 5.35. The second-order valence-electron chi connectivity index (χ2n) is 7.53. The maximum atomic E-state index is 14.1. The Morgan fingerprint density at radius 2 is 1.73 bits per heavy atom. The van der Waals surface area contributed by atoms with Crippen LogP contribution >= 0.6 is 0 Å². The maximum Gasteiger partial charge on any atom is 0.243 e. The number of piperidine rings is 1. The van der Waals surface area contributed by atoms with Crippen LogP contribution < -0.4 is 0 Å². The molecule has 2 fully saturated rings. The van der Waals surface area contributed by atoms with Crippen molar-refractivity contribution in [2.45, 2.75) is 62.6 Å². The van der Waals surface area contributed by atoms with Crippen LogP contribution in [0.25, 0.3) is 0 Å². The summed E-state index contributed by atoms with van der Waals surface area (Å²) in [6.07, 6.45) is 1.55. The smallest absolute Gasteiger partial charge is 0.243 e. The average Bonchev–Trinajstić information content (AvgIpc) is 3.04. The monoisotopic (exact) mass is 382 g/mol. The van der Waals surface area contributed by atoms with E-state index >= 15 is 0 Å². The van der Waals surface area contributed by atoms with Crippen molar-refractivity contribution in [3.63, 3.8) is 0 Å². The Kier molecular flexibility index (Phi) is 5.67. The first-order chi connectivity index (χ1) is 12.3. The molecule has 0 radical (unpaired) electrons. The lowest BCUT2D eigenvalue weighted by molar-refractivity contribution is -0.135. The van der Waals surface area contributed by atoms with E-state index in [4.69, 9.17) is 0 Å². The van der Waals surface area contributed by atoms with Gasteiger partial charge >= 0.3 is 0 Å². The van der Waals surface area contributed by atoms with Gasteiger partial charge < -0.3 is 4.90 Å². The van der Waals surface area contributed by atoms with Crippen LogP contribution in [0.3, 0.4) is 0 Å². The quantitative estimate of drug-likeness (QED) is 0.805. The number of hydrogen-bond donors (Lipinski definition) is 0. The molecule has 1 amide bonds. The highest BCUT2D eigenvalue weighted by molar-refractivity contribution is 7.89. The van der Waals surface area contributed by atoms with Crippen LogP contribution in [-0.2, 0) is 14.8 Å². The lowest BCUT2D eigenvalue weighted by Gasteiger charge is -2.32. The van der Waals surface area contributed by atoms with Crippen molar-refractivity contribution in [3.05, 3.63) is 29.8 Å². The highest BCUT2D eigenvalue weighted by Crippen LogP contribution is 2.30. The van der Waals surface area contributed by atoms with Crippen LogP contribution in [0, 0.1) is 0 Å². The van der Waals surface area contributed by atoms with Crippen molar-refractivity contribution in [2.24, 2.45) is 0 Å². The molecule has 0 spiro atoms. The predicted molar refractivity (Wildman–Crippen MR) is 98.2 cm³/mol. The minimum absolute atomic E-state index is 0.0569. The van der Waals surface area contributed by atoms with E-state index in [1.807, 2.05) is 13.8 Å². The van der Waals surface area contributed by atoms with Gasteiger partial charge in [-0.2, -0.15) is 4.31 Å². The molecule has 5 nitrogen and oxygen atoms in total. The molecule has 0 aromatic heterocycles. The normalized spacial score (nSPS) is 25.0. The van der Waals surface area contributed by atoms with Crippen LogP contribution in [0.1, 0.15) is 51.0 Å². The summed E-state index contributed by atoms with van der Waals surface area (Å²) in [7, 11) is -3.90. The predicted octanol–water partition coefficient (Wildman–Crippen LogP) is 2.92. The summed E-state index contributed by atoms with van der Waals surface area (Å²) in [5.74, 6) is 0.0365. The Morgan fingerprint density at radius 3 is 2.31 bits per heavy atom. The van der Waals surface area contributed by atoms with E-state index in [-0.39, 0.29) is 23.8 Å². The van der Waals surface area contributed by atoms with Gasteiger partial charge in [0.2, 0.25) is 15.9 Å². The summed E-state index contributed by atoms with van der Waals surface area (Å²) in [4.78, 5) is 14.6. The molecule has 26 heavy (non-hydrogen) atoms. The number of hydrogen-bond acceptors (Lipinski definition) is 3. The second kappa shape index (κ2) is 7.64. The molecule has 0 N–H and O–H groups in total. The van der Waals surface area contributed by atoms with Crippen LogP contribution in [0.5, 0.6) is 0 Å². The van der Waals surface area contributed by atoms with E-state index in [0.717, 1.165) is 29.1 Å². The number of carbonyl (C=O) groups is 1. The Morgan fingerprint density at radius 1 is 1.12 bits per heavy atom. The van der Waals surface area contributed by atoms with Crippen molar-refractivity contribution in [1.82, 2.24) is 9.21 Å². The molecule has 0 bridgehead atoms. The van der Waals surface area contributed by atoms with Gasteiger partial charge in [-0.15, -0.1) is 0 Å². The molecule has 2 heterocycles. The summed E-state index contributed by atoms with van der Waals surface area (Å²) in [6.45, 7) is 5.07. The van der Waals surface area contributed by atoms with E-state index in [9.17, 15) is 17.6 Å². The number of carbonyl (C=O) groups excluding carboxylic acids is 1. The Bertz CT molecular complexity index is 743. The lowest BCUT2D eigenvalue weighted by atomic mass is 10.0. The zero-order valence-electron chi connectivity index (χ0n) is 15.4. The van der Waals surface area contributed by atoms with Crippen LogP contribution in [0.4, 0.5) is 4.39 Å². The van der Waals surface area contributed by atoms with Gasteiger partial charge in [-0.3, -0.25) is 4.79 Å². The first-order valence-corrected chi connectivity index (χ1v) is 10.8. The van der Waals surface area contributed by atoms with E-state index in [0.29, 0.717) is 19.0 Å². The van der Waals surface area contributed by atoms with Crippen molar-refractivity contribution >= 4 is 15.9 Å². The minimum atomic E-state index is -3.90.